The SMILES string of the molecule is C(/C=C/c1ccc(N(c2ccc(/C=C/C=C/c3ccccc3)cc2)c2ccc(Oc3ccccc3)cc2)cc1)=C\c1ccccc1. The number of benzene rings is 6. The highest BCUT2D eigenvalue weighted by atomic mass is 16.5. The van der Waals surface area contributed by atoms with Crippen molar-refractivity contribution >= 4 is 41.4 Å². The van der Waals surface area contributed by atoms with Crippen LogP contribution in [0.2, 0.25) is 0 Å². The quantitative estimate of drug-likeness (QED) is 0.139. The number of anilines is 3. The van der Waals surface area contributed by atoms with Gasteiger partial charge in [-0.3, -0.25) is 0 Å². The van der Waals surface area contributed by atoms with Crippen LogP contribution in [-0.4, -0.2) is 0 Å². The van der Waals surface area contributed by atoms with Gasteiger partial charge < -0.3 is 9.64 Å². The predicted molar refractivity (Wildman–Crippen MR) is 197 cm³/mol. The van der Waals surface area contributed by atoms with Crippen molar-refractivity contribution < 1.29 is 4.74 Å². The van der Waals surface area contributed by atoms with Gasteiger partial charge >= 0.3 is 0 Å². The molecule has 0 saturated carbocycles. The maximum absolute atomic E-state index is 6.06. The zero-order valence-corrected chi connectivity index (χ0v) is 25.6. The van der Waals surface area contributed by atoms with Crippen LogP contribution in [0.3, 0.4) is 0 Å². The minimum absolute atomic E-state index is 0.794. The molecule has 0 saturated heterocycles. The van der Waals surface area contributed by atoms with Gasteiger partial charge in [0, 0.05) is 17.1 Å². The summed E-state index contributed by atoms with van der Waals surface area (Å²) in [7, 11) is 0. The van der Waals surface area contributed by atoms with E-state index in [1.807, 2.05) is 78.9 Å². The van der Waals surface area contributed by atoms with Crippen LogP contribution in [0.4, 0.5) is 17.1 Å². The van der Waals surface area contributed by atoms with Gasteiger partial charge in [-0.1, -0.05) is 152 Å². The normalized spacial score (nSPS) is 11.6. The summed E-state index contributed by atoms with van der Waals surface area (Å²) in [5, 5.41) is 0. The van der Waals surface area contributed by atoms with Crippen molar-refractivity contribution in [2.45, 2.75) is 0 Å². The molecule has 6 aromatic rings. The lowest BCUT2D eigenvalue weighted by atomic mass is 10.1. The Hall–Kier alpha value is -6.12. The first-order valence-corrected chi connectivity index (χ1v) is 15.4. The highest BCUT2D eigenvalue weighted by Crippen LogP contribution is 2.36. The van der Waals surface area contributed by atoms with Gasteiger partial charge in [0.1, 0.15) is 11.5 Å². The number of para-hydroxylation sites is 1. The van der Waals surface area contributed by atoms with E-state index in [2.05, 4.69) is 138 Å². The maximum atomic E-state index is 6.06. The van der Waals surface area contributed by atoms with Crippen LogP contribution in [-0.2, 0) is 0 Å². The molecular weight excluding hydrogens is 558 g/mol. The molecule has 2 heteroatoms. The van der Waals surface area contributed by atoms with Crippen molar-refractivity contribution in [3.8, 4) is 11.5 Å². The lowest BCUT2D eigenvalue weighted by molar-refractivity contribution is 0.483. The van der Waals surface area contributed by atoms with Crippen molar-refractivity contribution in [3.63, 3.8) is 0 Å². The summed E-state index contributed by atoms with van der Waals surface area (Å²) < 4.78 is 6.06. The molecule has 0 amide bonds. The van der Waals surface area contributed by atoms with E-state index in [1.165, 1.54) is 11.1 Å². The molecule has 6 aromatic carbocycles. The van der Waals surface area contributed by atoms with Gasteiger partial charge in [0.15, 0.2) is 0 Å². The Labute approximate surface area is 272 Å². The standard InChI is InChI=1S/C44H35NO/c1-4-14-36(15-5-1)18-10-12-20-38-24-28-40(29-25-38)45(42-32-34-44(35-33-42)46-43-22-8-3-9-23-43)41-30-26-39(27-31-41)21-13-11-19-37-16-6-2-7-17-37/h1-35H/b18-10+,19-11+,20-12+,21-13+. The molecule has 0 bridgehead atoms. The van der Waals surface area contributed by atoms with E-state index in [4.69, 9.17) is 4.74 Å². The van der Waals surface area contributed by atoms with Crippen LogP contribution >= 0.6 is 0 Å². The molecule has 0 fully saturated rings. The fraction of sp³-hybridized carbons (Fsp3) is 0. The molecule has 0 heterocycles. The topological polar surface area (TPSA) is 12.5 Å². The molecule has 0 unspecified atom stereocenters. The fourth-order valence-corrected chi connectivity index (χ4v) is 5.00. The Bertz CT molecular complexity index is 1800. The zero-order chi connectivity index (χ0) is 31.2. The first kappa shape index (κ1) is 29.9. The predicted octanol–water partition coefficient (Wildman–Crippen LogP) is 12.4. The summed E-state index contributed by atoms with van der Waals surface area (Å²) >= 11 is 0. The second-order valence-electron chi connectivity index (χ2n) is 10.7. The summed E-state index contributed by atoms with van der Waals surface area (Å²) in [5.41, 5.74) is 7.83. The third-order valence-corrected chi connectivity index (χ3v) is 7.35. The van der Waals surface area contributed by atoms with E-state index in [0.717, 1.165) is 39.7 Å². The van der Waals surface area contributed by atoms with Gasteiger partial charge in [0.25, 0.3) is 0 Å². The van der Waals surface area contributed by atoms with Gasteiger partial charge in [0.2, 0.25) is 0 Å². The van der Waals surface area contributed by atoms with Gasteiger partial charge in [0.05, 0.1) is 0 Å². The number of hydrogen-bond acceptors (Lipinski definition) is 2. The summed E-state index contributed by atoms with van der Waals surface area (Å²) in [4.78, 5) is 2.26. The second-order valence-corrected chi connectivity index (χ2v) is 10.7. The zero-order valence-electron chi connectivity index (χ0n) is 25.6. The molecule has 46 heavy (non-hydrogen) atoms. The third kappa shape index (κ3) is 8.49. The minimum Gasteiger partial charge on any atom is -0.457 e. The number of ether oxygens (including phenoxy) is 1. The average Bonchev–Trinajstić information content (AvgIpc) is 3.12. The Morgan fingerprint density at radius 2 is 0.609 bits per heavy atom. The summed E-state index contributed by atoms with van der Waals surface area (Å²) in [6.07, 6.45) is 16.8. The lowest BCUT2D eigenvalue weighted by Gasteiger charge is -2.26. The monoisotopic (exact) mass is 593 g/mol. The molecule has 0 radical (unpaired) electrons. The number of hydrogen-bond donors (Lipinski definition) is 0. The Morgan fingerprint density at radius 1 is 0.304 bits per heavy atom. The molecule has 0 N–H and O–H groups in total. The van der Waals surface area contributed by atoms with Crippen LogP contribution < -0.4 is 9.64 Å². The Balaban J connectivity index is 1.22. The highest BCUT2D eigenvalue weighted by Gasteiger charge is 2.13. The molecule has 0 atom stereocenters. The van der Waals surface area contributed by atoms with Crippen molar-refractivity contribution in [2.24, 2.45) is 0 Å². The van der Waals surface area contributed by atoms with Crippen molar-refractivity contribution in [3.05, 3.63) is 210 Å². The van der Waals surface area contributed by atoms with Crippen molar-refractivity contribution in [1.29, 1.82) is 0 Å². The minimum atomic E-state index is 0.794. The van der Waals surface area contributed by atoms with E-state index in [1.54, 1.807) is 0 Å². The van der Waals surface area contributed by atoms with Crippen LogP contribution in [0.25, 0.3) is 24.3 Å². The van der Waals surface area contributed by atoms with Crippen molar-refractivity contribution in [2.75, 3.05) is 4.90 Å². The molecular formula is C44H35NO. The van der Waals surface area contributed by atoms with E-state index >= 15 is 0 Å². The number of allylic oxidation sites excluding steroid dienone is 4. The van der Waals surface area contributed by atoms with Gasteiger partial charge in [-0.15, -0.1) is 0 Å². The maximum Gasteiger partial charge on any atom is 0.127 e. The molecule has 0 aliphatic heterocycles. The molecule has 2 nitrogen and oxygen atoms in total. The van der Waals surface area contributed by atoms with Crippen LogP contribution in [0.1, 0.15) is 22.3 Å². The summed E-state index contributed by atoms with van der Waals surface area (Å²) in [6.45, 7) is 0. The smallest absolute Gasteiger partial charge is 0.127 e. The molecule has 0 aromatic heterocycles. The van der Waals surface area contributed by atoms with E-state index in [9.17, 15) is 0 Å². The van der Waals surface area contributed by atoms with E-state index in [-0.39, 0.29) is 0 Å². The van der Waals surface area contributed by atoms with Gasteiger partial charge in [-0.25, -0.2) is 0 Å². The Kier molecular flexibility index (Phi) is 10.1. The van der Waals surface area contributed by atoms with Gasteiger partial charge in [-0.2, -0.15) is 0 Å². The summed E-state index contributed by atoms with van der Waals surface area (Å²) in [5.74, 6) is 1.61. The van der Waals surface area contributed by atoms with Gasteiger partial charge in [-0.05, 0) is 82.9 Å². The highest BCUT2D eigenvalue weighted by molar-refractivity contribution is 5.78. The fourth-order valence-electron chi connectivity index (χ4n) is 5.00. The largest absolute Gasteiger partial charge is 0.457 e. The van der Waals surface area contributed by atoms with Crippen LogP contribution in [0.15, 0.2) is 188 Å². The number of nitrogens with zero attached hydrogens (tertiary/aromatic N) is 1. The third-order valence-electron chi connectivity index (χ3n) is 7.35. The van der Waals surface area contributed by atoms with Crippen LogP contribution in [0.5, 0.6) is 11.5 Å². The van der Waals surface area contributed by atoms with Crippen LogP contribution in [0, 0.1) is 0 Å². The molecule has 0 aliphatic carbocycles. The Morgan fingerprint density at radius 3 is 1.00 bits per heavy atom. The molecule has 222 valence electrons. The average molecular weight is 594 g/mol. The van der Waals surface area contributed by atoms with Crippen molar-refractivity contribution in [1.82, 2.24) is 0 Å². The molecule has 0 spiro atoms. The van der Waals surface area contributed by atoms with E-state index < -0.39 is 0 Å². The molecule has 0 aliphatic rings. The first-order valence-electron chi connectivity index (χ1n) is 15.4. The number of rotatable bonds is 11. The second kappa shape index (κ2) is 15.6. The summed E-state index contributed by atoms with van der Waals surface area (Å²) in [6, 6.07) is 56.0. The lowest BCUT2D eigenvalue weighted by Crippen LogP contribution is -2.09. The first-order chi connectivity index (χ1) is 22.8. The molecule has 6 rings (SSSR count). The van der Waals surface area contributed by atoms with E-state index in [0.29, 0.717) is 0 Å².